The van der Waals surface area contributed by atoms with Crippen molar-refractivity contribution in [2.75, 3.05) is 6.54 Å². The minimum absolute atomic E-state index is 0.264. The van der Waals surface area contributed by atoms with Crippen LogP contribution in [0.5, 0.6) is 0 Å². The molecule has 3 aromatic rings. The van der Waals surface area contributed by atoms with E-state index in [-0.39, 0.29) is 5.82 Å². The summed E-state index contributed by atoms with van der Waals surface area (Å²) in [6.45, 7) is 2.77. The smallest absolute Gasteiger partial charge is 0.204 e. The van der Waals surface area contributed by atoms with Crippen LogP contribution in [-0.4, -0.2) is 37.7 Å². The fourth-order valence-corrected chi connectivity index (χ4v) is 3.52. The van der Waals surface area contributed by atoms with E-state index in [0.717, 1.165) is 31.6 Å². The second kappa shape index (κ2) is 7.74. The van der Waals surface area contributed by atoms with Gasteiger partial charge in [-0.25, -0.2) is 4.39 Å². The maximum Gasteiger partial charge on any atom is 0.204 e. The summed E-state index contributed by atoms with van der Waals surface area (Å²) >= 11 is 0. The van der Waals surface area contributed by atoms with Crippen molar-refractivity contribution in [3.8, 4) is 11.4 Å². The number of nitrogens with zero attached hydrogens (tertiary/aromatic N) is 5. The molecule has 1 aromatic heterocycles. The third-order valence-corrected chi connectivity index (χ3v) is 4.91. The molecule has 0 unspecified atom stereocenters. The van der Waals surface area contributed by atoms with Crippen LogP contribution in [0, 0.1) is 5.82 Å². The first kappa shape index (κ1) is 16.8. The molecule has 26 heavy (non-hydrogen) atoms. The highest BCUT2D eigenvalue weighted by Crippen LogP contribution is 2.21. The Labute approximate surface area is 152 Å². The van der Waals surface area contributed by atoms with Gasteiger partial charge in [0.25, 0.3) is 0 Å². The molecule has 0 spiro atoms. The van der Waals surface area contributed by atoms with Crippen molar-refractivity contribution in [3.05, 3.63) is 66.0 Å². The van der Waals surface area contributed by atoms with Gasteiger partial charge in [0.15, 0.2) is 0 Å². The van der Waals surface area contributed by atoms with E-state index in [1.807, 2.05) is 6.07 Å². The van der Waals surface area contributed by atoms with E-state index >= 15 is 0 Å². The molecule has 0 saturated carbocycles. The second-order valence-electron chi connectivity index (χ2n) is 6.78. The summed E-state index contributed by atoms with van der Waals surface area (Å²) in [4.78, 5) is 4.19. The number of aromatic nitrogens is 4. The minimum Gasteiger partial charge on any atom is -0.294 e. The first-order valence-corrected chi connectivity index (χ1v) is 9.10. The maximum atomic E-state index is 13.1. The van der Waals surface area contributed by atoms with Crippen LogP contribution in [0.4, 0.5) is 4.39 Å². The molecule has 4 rings (SSSR count). The molecule has 1 saturated heterocycles. The second-order valence-corrected chi connectivity index (χ2v) is 6.78. The van der Waals surface area contributed by atoms with Gasteiger partial charge in [0, 0.05) is 18.2 Å². The first-order valence-electron chi connectivity index (χ1n) is 9.10. The average molecular weight is 351 g/mol. The van der Waals surface area contributed by atoms with Crippen molar-refractivity contribution in [2.24, 2.45) is 0 Å². The minimum atomic E-state index is -0.264. The van der Waals surface area contributed by atoms with E-state index in [4.69, 9.17) is 0 Å². The first-order chi connectivity index (χ1) is 12.8. The fraction of sp³-hybridized carbons (Fsp3) is 0.350. The number of tetrazole rings is 1. The number of rotatable bonds is 5. The normalized spacial score (nSPS) is 18.1. The Morgan fingerprint density at radius 3 is 2.62 bits per heavy atom. The van der Waals surface area contributed by atoms with Crippen molar-refractivity contribution in [1.29, 1.82) is 0 Å². The predicted octanol–water partition coefficient (Wildman–Crippen LogP) is 3.53. The van der Waals surface area contributed by atoms with Crippen molar-refractivity contribution in [3.63, 3.8) is 0 Å². The molecule has 0 aliphatic carbocycles. The van der Waals surface area contributed by atoms with E-state index in [1.165, 1.54) is 30.5 Å². The summed E-state index contributed by atoms with van der Waals surface area (Å²) in [5.41, 5.74) is 2.11. The molecule has 2 aromatic carbocycles. The molecule has 2 heterocycles. The van der Waals surface area contributed by atoms with Gasteiger partial charge in [-0.15, -0.1) is 10.2 Å². The van der Waals surface area contributed by atoms with Crippen LogP contribution in [0.1, 0.15) is 24.8 Å². The Bertz CT molecular complexity index is 831. The summed E-state index contributed by atoms with van der Waals surface area (Å²) in [7, 11) is 0. The summed E-state index contributed by atoms with van der Waals surface area (Å²) in [5.74, 6) is 0.273. The lowest BCUT2D eigenvalue weighted by Crippen LogP contribution is -2.42. The number of hydrogen-bond acceptors (Lipinski definition) is 4. The average Bonchev–Trinajstić information content (AvgIpc) is 3.13. The lowest BCUT2D eigenvalue weighted by Gasteiger charge is -2.35. The standard InChI is InChI=1S/C20H22FN5/c21-18-11-9-17(10-12-18)20-22-24-26(23-20)15-19-8-4-5-13-25(19)14-16-6-2-1-3-7-16/h1-3,6-7,9-12,19H,4-5,8,13-15H2/t19-/m0/s1. The molecule has 1 aliphatic rings. The third kappa shape index (κ3) is 3.96. The van der Waals surface area contributed by atoms with Gasteiger partial charge in [-0.1, -0.05) is 36.8 Å². The lowest BCUT2D eigenvalue weighted by atomic mass is 10.0. The quantitative estimate of drug-likeness (QED) is 0.705. The van der Waals surface area contributed by atoms with E-state index < -0.39 is 0 Å². The van der Waals surface area contributed by atoms with Gasteiger partial charge < -0.3 is 0 Å². The highest BCUT2D eigenvalue weighted by molar-refractivity contribution is 5.53. The van der Waals surface area contributed by atoms with E-state index in [9.17, 15) is 4.39 Å². The molecule has 0 amide bonds. The maximum absolute atomic E-state index is 13.1. The van der Waals surface area contributed by atoms with Crippen LogP contribution >= 0.6 is 0 Å². The van der Waals surface area contributed by atoms with Crippen LogP contribution in [0.2, 0.25) is 0 Å². The summed E-state index contributed by atoms with van der Waals surface area (Å²) in [6.07, 6.45) is 3.60. The molecule has 6 heteroatoms. The topological polar surface area (TPSA) is 46.8 Å². The molecule has 0 N–H and O–H groups in total. The zero-order valence-corrected chi connectivity index (χ0v) is 14.6. The van der Waals surface area contributed by atoms with Gasteiger partial charge in [0.2, 0.25) is 5.82 Å². The van der Waals surface area contributed by atoms with Gasteiger partial charge in [0.05, 0.1) is 6.54 Å². The van der Waals surface area contributed by atoms with Crippen LogP contribution < -0.4 is 0 Å². The zero-order valence-electron chi connectivity index (χ0n) is 14.6. The summed E-state index contributed by atoms with van der Waals surface area (Å²) in [5, 5.41) is 12.8. The fourth-order valence-electron chi connectivity index (χ4n) is 3.52. The Balaban J connectivity index is 1.45. The number of likely N-dealkylation sites (tertiary alicyclic amines) is 1. The van der Waals surface area contributed by atoms with E-state index in [0.29, 0.717) is 11.9 Å². The van der Waals surface area contributed by atoms with Gasteiger partial charge in [-0.05, 0) is 54.4 Å². The molecular formula is C20H22FN5. The molecule has 1 fully saturated rings. The van der Waals surface area contributed by atoms with Crippen molar-refractivity contribution >= 4 is 0 Å². The third-order valence-electron chi connectivity index (χ3n) is 4.91. The van der Waals surface area contributed by atoms with Gasteiger partial charge in [-0.3, -0.25) is 4.90 Å². The predicted molar refractivity (Wildman–Crippen MR) is 97.7 cm³/mol. The van der Waals surface area contributed by atoms with E-state index in [1.54, 1.807) is 16.9 Å². The van der Waals surface area contributed by atoms with Crippen molar-refractivity contribution < 1.29 is 4.39 Å². The monoisotopic (exact) mass is 351 g/mol. The Hall–Kier alpha value is -2.60. The lowest BCUT2D eigenvalue weighted by molar-refractivity contribution is 0.117. The van der Waals surface area contributed by atoms with Gasteiger partial charge in [-0.2, -0.15) is 4.80 Å². The van der Waals surface area contributed by atoms with Gasteiger partial charge >= 0.3 is 0 Å². The largest absolute Gasteiger partial charge is 0.294 e. The molecule has 1 aliphatic heterocycles. The highest BCUT2D eigenvalue weighted by atomic mass is 19.1. The summed E-state index contributed by atoms with van der Waals surface area (Å²) in [6, 6.07) is 17.2. The summed E-state index contributed by atoms with van der Waals surface area (Å²) < 4.78 is 13.1. The Morgan fingerprint density at radius 1 is 1.00 bits per heavy atom. The molecule has 1 atom stereocenters. The van der Waals surface area contributed by atoms with Crippen molar-refractivity contribution in [2.45, 2.75) is 38.4 Å². The number of benzene rings is 2. The van der Waals surface area contributed by atoms with Gasteiger partial charge in [0.1, 0.15) is 5.82 Å². The number of halogens is 1. The molecule has 5 nitrogen and oxygen atoms in total. The molecular weight excluding hydrogens is 329 g/mol. The molecule has 0 radical (unpaired) electrons. The number of piperidine rings is 1. The Morgan fingerprint density at radius 2 is 1.81 bits per heavy atom. The number of hydrogen-bond donors (Lipinski definition) is 0. The van der Waals surface area contributed by atoms with Crippen LogP contribution in [0.3, 0.4) is 0 Å². The molecule has 0 bridgehead atoms. The van der Waals surface area contributed by atoms with E-state index in [2.05, 4.69) is 44.6 Å². The van der Waals surface area contributed by atoms with Crippen LogP contribution in [0.15, 0.2) is 54.6 Å². The molecule has 134 valence electrons. The van der Waals surface area contributed by atoms with Crippen molar-refractivity contribution in [1.82, 2.24) is 25.1 Å². The highest BCUT2D eigenvalue weighted by Gasteiger charge is 2.24. The Kier molecular flexibility index (Phi) is 5.02. The SMILES string of the molecule is Fc1ccc(-c2nnn(C[C@@H]3CCCCN3Cc3ccccc3)n2)cc1. The van der Waals surface area contributed by atoms with Crippen LogP contribution in [0.25, 0.3) is 11.4 Å². The zero-order chi connectivity index (χ0) is 17.8. The van der Waals surface area contributed by atoms with Crippen LogP contribution in [-0.2, 0) is 13.1 Å².